The highest BCUT2D eigenvalue weighted by Gasteiger charge is 2.21. The molecule has 6 nitrogen and oxygen atoms in total. The highest BCUT2D eigenvalue weighted by molar-refractivity contribution is 6.30. The normalized spacial score (nSPS) is 11.9. The van der Waals surface area contributed by atoms with E-state index in [2.05, 4.69) is 4.74 Å². The Bertz CT molecular complexity index is 450. The van der Waals surface area contributed by atoms with Gasteiger partial charge in [-0.3, -0.25) is 14.9 Å². The number of carbonyl (C=O) groups is 1. The molecule has 1 atom stereocenters. The Morgan fingerprint density at radius 3 is 2.82 bits per heavy atom. The van der Waals surface area contributed by atoms with Crippen LogP contribution in [0, 0.1) is 10.1 Å². The van der Waals surface area contributed by atoms with Crippen LogP contribution >= 0.6 is 11.6 Å². The third-order valence-electron chi connectivity index (χ3n) is 2.19. The summed E-state index contributed by atoms with van der Waals surface area (Å²) in [7, 11) is 1.21. The highest BCUT2D eigenvalue weighted by Crippen LogP contribution is 2.24. The minimum absolute atomic E-state index is 0.0279. The van der Waals surface area contributed by atoms with Crippen LogP contribution in [0.15, 0.2) is 18.2 Å². The summed E-state index contributed by atoms with van der Waals surface area (Å²) in [6.07, 6.45) is 0.0279. The number of hydrogen-bond donors (Lipinski definition) is 1. The Morgan fingerprint density at radius 1 is 1.65 bits per heavy atom. The van der Waals surface area contributed by atoms with Crippen LogP contribution in [0.2, 0.25) is 5.02 Å². The SMILES string of the molecule is COC(=O)C(N)Cc1ccc(Cl)cc1[N+](=O)[O-]. The third-order valence-corrected chi connectivity index (χ3v) is 2.42. The van der Waals surface area contributed by atoms with Gasteiger partial charge in [0.2, 0.25) is 0 Å². The molecule has 1 aromatic carbocycles. The van der Waals surface area contributed by atoms with Crippen LogP contribution in [-0.2, 0) is 16.0 Å². The monoisotopic (exact) mass is 258 g/mol. The van der Waals surface area contributed by atoms with Crippen molar-refractivity contribution in [1.29, 1.82) is 0 Å². The molecule has 1 unspecified atom stereocenters. The van der Waals surface area contributed by atoms with Crippen molar-refractivity contribution in [3.05, 3.63) is 38.9 Å². The van der Waals surface area contributed by atoms with Gasteiger partial charge in [0.15, 0.2) is 0 Å². The minimum atomic E-state index is -0.931. The molecule has 0 spiro atoms. The molecule has 17 heavy (non-hydrogen) atoms. The molecular formula is C10H11ClN2O4. The number of methoxy groups -OCH3 is 1. The maximum absolute atomic E-state index is 11.1. The summed E-state index contributed by atoms with van der Waals surface area (Å²) in [6.45, 7) is 0. The quantitative estimate of drug-likeness (QED) is 0.499. The average Bonchev–Trinajstić information content (AvgIpc) is 2.29. The van der Waals surface area contributed by atoms with Crippen LogP contribution in [0.4, 0.5) is 5.69 Å². The molecular weight excluding hydrogens is 248 g/mol. The summed E-state index contributed by atoms with van der Waals surface area (Å²) in [5.41, 5.74) is 5.73. The lowest BCUT2D eigenvalue weighted by atomic mass is 10.0. The lowest BCUT2D eigenvalue weighted by molar-refractivity contribution is -0.385. The molecule has 0 aromatic heterocycles. The largest absolute Gasteiger partial charge is 0.468 e. The van der Waals surface area contributed by atoms with E-state index in [1.807, 2.05) is 0 Å². The number of halogens is 1. The van der Waals surface area contributed by atoms with Crippen molar-refractivity contribution in [2.24, 2.45) is 5.73 Å². The predicted molar refractivity (Wildman–Crippen MR) is 61.8 cm³/mol. The van der Waals surface area contributed by atoms with Gasteiger partial charge in [-0.05, 0) is 6.07 Å². The van der Waals surface area contributed by atoms with Gasteiger partial charge in [0.1, 0.15) is 6.04 Å². The molecule has 92 valence electrons. The van der Waals surface area contributed by atoms with Gasteiger partial charge in [-0.25, -0.2) is 0 Å². The van der Waals surface area contributed by atoms with Crippen molar-refractivity contribution in [3.63, 3.8) is 0 Å². The second-order valence-electron chi connectivity index (χ2n) is 3.36. The topological polar surface area (TPSA) is 95.5 Å². The lowest BCUT2D eigenvalue weighted by Crippen LogP contribution is -2.33. The fourth-order valence-electron chi connectivity index (χ4n) is 1.35. The average molecular weight is 259 g/mol. The number of rotatable bonds is 4. The van der Waals surface area contributed by atoms with E-state index < -0.39 is 16.9 Å². The second-order valence-corrected chi connectivity index (χ2v) is 3.80. The molecule has 0 saturated heterocycles. The zero-order chi connectivity index (χ0) is 13.0. The smallest absolute Gasteiger partial charge is 0.322 e. The van der Waals surface area contributed by atoms with Crippen LogP contribution in [0.25, 0.3) is 0 Å². The van der Waals surface area contributed by atoms with Gasteiger partial charge in [-0.1, -0.05) is 17.7 Å². The Labute approximate surface area is 102 Å². The number of nitrogens with zero attached hydrogens (tertiary/aromatic N) is 1. The van der Waals surface area contributed by atoms with Gasteiger partial charge >= 0.3 is 5.97 Å². The van der Waals surface area contributed by atoms with E-state index in [-0.39, 0.29) is 17.1 Å². The Balaban J connectivity index is 2.98. The van der Waals surface area contributed by atoms with Gasteiger partial charge < -0.3 is 10.5 Å². The van der Waals surface area contributed by atoms with Crippen molar-refractivity contribution in [1.82, 2.24) is 0 Å². The number of carbonyl (C=O) groups excluding carboxylic acids is 1. The maximum Gasteiger partial charge on any atom is 0.322 e. The highest BCUT2D eigenvalue weighted by atomic mass is 35.5. The predicted octanol–water partition coefficient (Wildman–Crippen LogP) is 1.29. The Hall–Kier alpha value is -1.66. The molecule has 0 saturated carbocycles. The summed E-state index contributed by atoms with van der Waals surface area (Å²) in [5, 5.41) is 11.0. The molecule has 0 bridgehead atoms. The van der Waals surface area contributed by atoms with E-state index in [0.717, 1.165) is 0 Å². The van der Waals surface area contributed by atoms with Crippen molar-refractivity contribution in [3.8, 4) is 0 Å². The number of benzene rings is 1. The molecule has 0 amide bonds. The van der Waals surface area contributed by atoms with Gasteiger partial charge in [-0.15, -0.1) is 0 Å². The van der Waals surface area contributed by atoms with E-state index in [0.29, 0.717) is 5.56 Å². The molecule has 0 aliphatic heterocycles. The fourth-order valence-corrected chi connectivity index (χ4v) is 1.52. The second kappa shape index (κ2) is 5.60. The zero-order valence-electron chi connectivity index (χ0n) is 9.05. The van der Waals surface area contributed by atoms with Crippen LogP contribution in [0.1, 0.15) is 5.56 Å². The molecule has 2 N–H and O–H groups in total. The van der Waals surface area contributed by atoms with Gasteiger partial charge in [0.25, 0.3) is 5.69 Å². The van der Waals surface area contributed by atoms with Crippen LogP contribution in [0.3, 0.4) is 0 Å². The van der Waals surface area contributed by atoms with Crippen molar-refractivity contribution < 1.29 is 14.5 Å². The molecule has 1 rings (SSSR count). The first-order valence-electron chi connectivity index (χ1n) is 4.72. The Morgan fingerprint density at radius 2 is 2.29 bits per heavy atom. The standard InChI is InChI=1S/C10H11ClN2O4/c1-17-10(14)8(12)4-6-2-3-7(11)5-9(6)13(15)16/h2-3,5,8H,4,12H2,1H3. The van der Waals surface area contributed by atoms with E-state index in [1.165, 1.54) is 25.3 Å². The summed E-state index contributed by atoms with van der Waals surface area (Å²) in [4.78, 5) is 21.3. The minimum Gasteiger partial charge on any atom is -0.468 e. The summed E-state index contributed by atoms with van der Waals surface area (Å²) in [6, 6.07) is 3.28. The fraction of sp³-hybridized carbons (Fsp3) is 0.300. The van der Waals surface area contributed by atoms with E-state index in [4.69, 9.17) is 17.3 Å². The molecule has 0 radical (unpaired) electrons. The van der Waals surface area contributed by atoms with E-state index in [9.17, 15) is 14.9 Å². The van der Waals surface area contributed by atoms with Crippen molar-refractivity contribution in [2.45, 2.75) is 12.5 Å². The molecule has 0 heterocycles. The first-order valence-corrected chi connectivity index (χ1v) is 5.09. The van der Waals surface area contributed by atoms with Gasteiger partial charge in [0, 0.05) is 23.1 Å². The summed E-state index contributed by atoms with van der Waals surface area (Å²) >= 11 is 5.66. The van der Waals surface area contributed by atoms with Crippen LogP contribution in [0.5, 0.6) is 0 Å². The first kappa shape index (κ1) is 13.4. The van der Waals surface area contributed by atoms with Crippen LogP contribution in [-0.4, -0.2) is 24.0 Å². The number of hydrogen-bond acceptors (Lipinski definition) is 5. The third kappa shape index (κ3) is 3.40. The number of ether oxygens (including phenoxy) is 1. The number of esters is 1. The van der Waals surface area contributed by atoms with Gasteiger partial charge in [0.05, 0.1) is 12.0 Å². The number of nitro groups is 1. The van der Waals surface area contributed by atoms with E-state index >= 15 is 0 Å². The van der Waals surface area contributed by atoms with E-state index in [1.54, 1.807) is 0 Å². The summed E-state index contributed by atoms with van der Waals surface area (Å²) < 4.78 is 4.45. The number of nitro benzene ring substituents is 1. The maximum atomic E-state index is 11.1. The molecule has 1 aromatic rings. The Kier molecular flexibility index (Phi) is 4.42. The molecule has 0 aliphatic rings. The first-order chi connectivity index (χ1) is 7.95. The van der Waals surface area contributed by atoms with Crippen LogP contribution < -0.4 is 5.73 Å². The molecule has 0 aliphatic carbocycles. The van der Waals surface area contributed by atoms with Crippen molar-refractivity contribution in [2.75, 3.05) is 7.11 Å². The van der Waals surface area contributed by atoms with Gasteiger partial charge in [-0.2, -0.15) is 0 Å². The van der Waals surface area contributed by atoms with Crippen molar-refractivity contribution >= 4 is 23.3 Å². The zero-order valence-corrected chi connectivity index (χ0v) is 9.81. The molecule has 7 heteroatoms. The number of nitrogens with two attached hydrogens (primary N) is 1. The molecule has 0 fully saturated rings. The summed E-state index contributed by atoms with van der Waals surface area (Å²) in [5.74, 6) is -0.616. The lowest BCUT2D eigenvalue weighted by Gasteiger charge is -2.09.